The van der Waals surface area contributed by atoms with Gasteiger partial charge in [-0.25, -0.2) is 4.79 Å². The van der Waals surface area contributed by atoms with Crippen LogP contribution in [0.1, 0.15) is 18.1 Å². The normalized spacial score (nSPS) is 19.1. The molecule has 1 aliphatic rings. The van der Waals surface area contributed by atoms with E-state index in [1.807, 2.05) is 0 Å². The maximum Gasteiger partial charge on any atom is 0.387 e. The molecule has 2 aromatic rings. The molecule has 0 bridgehead atoms. The summed E-state index contributed by atoms with van der Waals surface area (Å²) in [5, 5.41) is 17.9. The number of para-hydroxylation sites is 1. The Balaban J connectivity index is 1.85. The van der Waals surface area contributed by atoms with Gasteiger partial charge in [0.05, 0.1) is 16.7 Å². The van der Waals surface area contributed by atoms with Gasteiger partial charge in [0.15, 0.2) is 0 Å². The highest BCUT2D eigenvalue weighted by molar-refractivity contribution is 6.07. The van der Waals surface area contributed by atoms with Crippen molar-refractivity contribution in [3.05, 3.63) is 69.8 Å². The maximum atomic E-state index is 12.8. The van der Waals surface area contributed by atoms with Gasteiger partial charge < -0.3 is 10.1 Å². The minimum absolute atomic E-state index is 0.101. The number of nitrogens with zero attached hydrogens (tertiary/aromatic N) is 3. The molecule has 0 aromatic heterocycles. The number of carbonyl (C=O) groups excluding carboxylic acids is 2. The van der Waals surface area contributed by atoms with Crippen LogP contribution >= 0.6 is 0 Å². The molecule has 9 nitrogen and oxygen atoms in total. The molecule has 0 radical (unpaired) electrons. The first-order valence-corrected chi connectivity index (χ1v) is 8.22. The number of nitro groups is 1. The van der Waals surface area contributed by atoms with Gasteiger partial charge in [0, 0.05) is 6.07 Å². The van der Waals surface area contributed by atoms with Crippen molar-refractivity contribution >= 4 is 23.8 Å². The Bertz CT molecular complexity index is 996. The fraction of sp³-hybridized carbons (Fsp3) is 0.167. The second kappa shape index (κ2) is 7.62. The van der Waals surface area contributed by atoms with Crippen molar-refractivity contribution in [3.63, 3.8) is 0 Å². The smallest absolute Gasteiger partial charge is 0.387 e. The Kier molecular flexibility index (Phi) is 5.22. The van der Waals surface area contributed by atoms with Gasteiger partial charge in [0.2, 0.25) is 0 Å². The minimum atomic E-state index is -2.99. The summed E-state index contributed by atoms with van der Waals surface area (Å²) in [6.07, 6.45) is 1.04. The standard InChI is InChI=1S/C18H14F2N4O5/c1-18(12-6-8-13(9-7-12)29-16(19)20)15(25)23(17(26)22-18)21-10-11-4-2-3-5-14(11)24(27)28/h2-10,16H,1H3,(H,22,26)/b21-10-/t18-/m1/s1. The molecule has 1 fully saturated rings. The van der Waals surface area contributed by atoms with Crippen molar-refractivity contribution in [1.82, 2.24) is 10.3 Å². The topological polar surface area (TPSA) is 114 Å². The van der Waals surface area contributed by atoms with E-state index in [2.05, 4.69) is 15.2 Å². The second-order valence-corrected chi connectivity index (χ2v) is 6.14. The molecule has 0 saturated carbocycles. The lowest BCUT2D eigenvalue weighted by molar-refractivity contribution is -0.385. The molecule has 150 valence electrons. The van der Waals surface area contributed by atoms with Gasteiger partial charge >= 0.3 is 12.6 Å². The molecule has 1 aliphatic heterocycles. The van der Waals surface area contributed by atoms with Crippen LogP contribution in [0.15, 0.2) is 53.6 Å². The summed E-state index contributed by atoms with van der Waals surface area (Å²) in [4.78, 5) is 35.5. The van der Waals surface area contributed by atoms with E-state index in [9.17, 15) is 28.5 Å². The number of hydrogen-bond acceptors (Lipinski definition) is 6. The number of alkyl halides is 2. The van der Waals surface area contributed by atoms with Crippen LogP contribution in [-0.4, -0.2) is 34.7 Å². The van der Waals surface area contributed by atoms with Crippen LogP contribution in [0.4, 0.5) is 19.3 Å². The summed E-state index contributed by atoms with van der Waals surface area (Å²) in [6.45, 7) is -1.56. The summed E-state index contributed by atoms with van der Waals surface area (Å²) in [7, 11) is 0. The zero-order chi connectivity index (χ0) is 21.2. The number of benzene rings is 2. The van der Waals surface area contributed by atoms with Crippen LogP contribution in [0.25, 0.3) is 0 Å². The molecule has 3 rings (SSSR count). The van der Waals surface area contributed by atoms with Gasteiger partial charge in [-0.05, 0) is 30.7 Å². The fourth-order valence-electron chi connectivity index (χ4n) is 2.78. The van der Waals surface area contributed by atoms with Crippen LogP contribution in [0.2, 0.25) is 0 Å². The van der Waals surface area contributed by atoms with E-state index in [0.717, 1.165) is 6.21 Å². The molecule has 29 heavy (non-hydrogen) atoms. The predicted molar refractivity (Wildman–Crippen MR) is 96.5 cm³/mol. The van der Waals surface area contributed by atoms with Crippen molar-refractivity contribution in [2.24, 2.45) is 5.10 Å². The van der Waals surface area contributed by atoms with Gasteiger partial charge in [-0.15, -0.1) is 5.01 Å². The first-order chi connectivity index (χ1) is 13.7. The van der Waals surface area contributed by atoms with E-state index in [-0.39, 0.29) is 17.0 Å². The Morgan fingerprint density at radius 3 is 2.48 bits per heavy atom. The third-order valence-electron chi connectivity index (χ3n) is 4.27. The van der Waals surface area contributed by atoms with Crippen molar-refractivity contribution in [3.8, 4) is 5.75 Å². The molecule has 0 spiro atoms. The van der Waals surface area contributed by atoms with E-state index in [4.69, 9.17) is 0 Å². The molecular formula is C18H14F2N4O5. The minimum Gasteiger partial charge on any atom is -0.435 e. The molecule has 11 heteroatoms. The number of nitro benzene ring substituents is 1. The second-order valence-electron chi connectivity index (χ2n) is 6.14. The highest BCUT2D eigenvalue weighted by Crippen LogP contribution is 2.30. The Hall–Kier alpha value is -3.89. The van der Waals surface area contributed by atoms with Crippen molar-refractivity contribution < 1.29 is 28.0 Å². The highest BCUT2D eigenvalue weighted by atomic mass is 19.3. The fourth-order valence-corrected chi connectivity index (χ4v) is 2.78. The number of carbonyl (C=O) groups is 2. The van der Waals surface area contributed by atoms with Gasteiger partial charge in [0.25, 0.3) is 11.6 Å². The van der Waals surface area contributed by atoms with Gasteiger partial charge in [0.1, 0.15) is 11.3 Å². The summed E-state index contributed by atoms with van der Waals surface area (Å²) < 4.78 is 28.8. The van der Waals surface area contributed by atoms with E-state index >= 15 is 0 Å². The number of rotatable bonds is 6. The molecule has 1 N–H and O–H groups in total. The van der Waals surface area contributed by atoms with E-state index in [1.165, 1.54) is 49.4 Å². The van der Waals surface area contributed by atoms with Crippen LogP contribution in [0, 0.1) is 10.1 Å². The van der Waals surface area contributed by atoms with E-state index < -0.39 is 29.0 Å². The third-order valence-corrected chi connectivity index (χ3v) is 4.27. The largest absolute Gasteiger partial charge is 0.435 e. The van der Waals surface area contributed by atoms with Crippen LogP contribution in [-0.2, 0) is 10.3 Å². The van der Waals surface area contributed by atoms with Gasteiger partial charge in [-0.2, -0.15) is 13.9 Å². The van der Waals surface area contributed by atoms with Gasteiger partial charge in [-0.3, -0.25) is 14.9 Å². The number of hydrogen-bond donors (Lipinski definition) is 1. The first-order valence-electron chi connectivity index (χ1n) is 8.22. The van der Waals surface area contributed by atoms with E-state index in [1.54, 1.807) is 6.07 Å². The average Bonchev–Trinajstić information content (AvgIpc) is 2.89. The first kappa shape index (κ1) is 19.9. The van der Waals surface area contributed by atoms with Crippen LogP contribution in [0.5, 0.6) is 5.75 Å². The average molecular weight is 404 g/mol. The van der Waals surface area contributed by atoms with E-state index in [0.29, 0.717) is 10.6 Å². The van der Waals surface area contributed by atoms with Crippen molar-refractivity contribution in [2.75, 3.05) is 0 Å². The lowest BCUT2D eigenvalue weighted by Crippen LogP contribution is -2.40. The maximum absolute atomic E-state index is 12.8. The molecule has 1 saturated heterocycles. The Labute approximate surface area is 162 Å². The lowest BCUT2D eigenvalue weighted by atomic mass is 9.92. The lowest BCUT2D eigenvalue weighted by Gasteiger charge is -2.21. The van der Waals surface area contributed by atoms with Crippen molar-refractivity contribution in [2.45, 2.75) is 19.1 Å². The zero-order valence-corrected chi connectivity index (χ0v) is 14.9. The van der Waals surface area contributed by atoms with Crippen molar-refractivity contribution in [1.29, 1.82) is 0 Å². The summed E-state index contributed by atoms with van der Waals surface area (Å²) in [6, 6.07) is 10.1. The Morgan fingerprint density at radius 2 is 1.86 bits per heavy atom. The Morgan fingerprint density at radius 1 is 1.21 bits per heavy atom. The molecule has 0 aliphatic carbocycles. The quantitative estimate of drug-likeness (QED) is 0.344. The number of halogens is 2. The number of amides is 3. The van der Waals surface area contributed by atoms with Crippen LogP contribution in [0.3, 0.4) is 0 Å². The number of imide groups is 1. The molecule has 2 aromatic carbocycles. The third kappa shape index (κ3) is 3.88. The van der Waals surface area contributed by atoms with Crippen LogP contribution < -0.4 is 10.1 Å². The summed E-state index contributed by atoms with van der Waals surface area (Å²) >= 11 is 0. The molecule has 1 heterocycles. The molecule has 3 amide bonds. The monoisotopic (exact) mass is 404 g/mol. The number of hydrazone groups is 1. The summed E-state index contributed by atoms with van der Waals surface area (Å²) in [5.41, 5.74) is -1.30. The highest BCUT2D eigenvalue weighted by Gasteiger charge is 2.49. The molecule has 1 atom stereocenters. The SMILES string of the molecule is C[C@]1(c2ccc(OC(F)F)cc2)NC(=O)N(/N=C\c2ccccc2[N+](=O)[O-])C1=O. The molecule has 0 unspecified atom stereocenters. The van der Waals surface area contributed by atoms with Gasteiger partial charge in [-0.1, -0.05) is 24.3 Å². The zero-order valence-electron chi connectivity index (χ0n) is 14.9. The summed E-state index contributed by atoms with van der Waals surface area (Å²) in [5.74, 6) is -0.838. The predicted octanol–water partition coefficient (Wildman–Crippen LogP) is 3.00. The number of ether oxygens (including phenoxy) is 1. The number of nitrogens with one attached hydrogen (secondary N) is 1. The molecular weight excluding hydrogens is 390 g/mol. The number of urea groups is 1.